The Morgan fingerprint density at radius 2 is 1.29 bits per heavy atom. The van der Waals surface area contributed by atoms with E-state index in [1.807, 2.05) is 60.7 Å². The van der Waals surface area contributed by atoms with Crippen LogP contribution in [0.4, 0.5) is 5.69 Å². The summed E-state index contributed by atoms with van der Waals surface area (Å²) in [5.74, 6) is -0.590. The summed E-state index contributed by atoms with van der Waals surface area (Å²) in [7, 11) is 0. The first kappa shape index (κ1) is 17.9. The Balaban J connectivity index is 1.85. The molecular formula is C24H19NO3. The molecule has 1 heterocycles. The van der Waals surface area contributed by atoms with Gasteiger partial charge in [-0.1, -0.05) is 60.7 Å². The molecule has 4 rings (SSSR count). The highest BCUT2D eigenvalue weighted by Gasteiger charge is 2.54. The molecule has 28 heavy (non-hydrogen) atoms. The molecular weight excluding hydrogens is 350 g/mol. The largest absolute Gasteiger partial charge is 0.295 e. The third-order valence-corrected chi connectivity index (χ3v) is 5.30. The highest BCUT2D eigenvalue weighted by atomic mass is 16.2. The van der Waals surface area contributed by atoms with Gasteiger partial charge >= 0.3 is 0 Å². The standard InChI is InChI=1S/C24H19NO3/c1-17(26)18-12-14-21(15-13-18)25-22(27)16-24(23(25)28,19-8-4-2-5-9-19)20-10-6-3-7-11-20/h2-15H,16H2,1H3. The molecule has 0 atom stereocenters. The van der Waals surface area contributed by atoms with Gasteiger partial charge in [0.15, 0.2) is 5.78 Å². The van der Waals surface area contributed by atoms with Crippen molar-refractivity contribution in [3.05, 3.63) is 102 Å². The number of Topliss-reactive ketones (excluding diaryl/α,β-unsaturated/α-hetero) is 1. The van der Waals surface area contributed by atoms with Crippen molar-refractivity contribution in [1.29, 1.82) is 0 Å². The molecule has 4 nitrogen and oxygen atoms in total. The van der Waals surface area contributed by atoms with Crippen LogP contribution in [0.3, 0.4) is 0 Å². The second-order valence-corrected chi connectivity index (χ2v) is 6.95. The molecule has 1 fully saturated rings. The van der Waals surface area contributed by atoms with Crippen molar-refractivity contribution in [2.75, 3.05) is 4.90 Å². The van der Waals surface area contributed by atoms with Gasteiger partial charge < -0.3 is 0 Å². The van der Waals surface area contributed by atoms with E-state index in [0.717, 1.165) is 11.1 Å². The first-order valence-corrected chi connectivity index (χ1v) is 9.13. The molecule has 0 radical (unpaired) electrons. The van der Waals surface area contributed by atoms with Gasteiger partial charge in [0.2, 0.25) is 11.8 Å². The highest BCUT2D eigenvalue weighted by Crippen LogP contribution is 2.44. The molecule has 0 aromatic heterocycles. The molecule has 1 aliphatic heterocycles. The van der Waals surface area contributed by atoms with E-state index >= 15 is 0 Å². The predicted octanol–water partition coefficient (Wildman–Crippen LogP) is 4.14. The van der Waals surface area contributed by atoms with Gasteiger partial charge in [0, 0.05) is 5.56 Å². The highest BCUT2D eigenvalue weighted by molar-refractivity contribution is 6.26. The Bertz CT molecular complexity index is 1000. The lowest BCUT2D eigenvalue weighted by Gasteiger charge is -2.28. The van der Waals surface area contributed by atoms with E-state index in [-0.39, 0.29) is 24.0 Å². The molecule has 0 saturated carbocycles. The predicted molar refractivity (Wildman–Crippen MR) is 107 cm³/mol. The topological polar surface area (TPSA) is 54.5 Å². The lowest BCUT2D eigenvalue weighted by atomic mass is 9.73. The van der Waals surface area contributed by atoms with Crippen LogP contribution in [-0.2, 0) is 15.0 Å². The minimum atomic E-state index is -1.06. The molecule has 1 saturated heterocycles. The number of rotatable bonds is 4. The van der Waals surface area contributed by atoms with Crippen LogP contribution in [0, 0.1) is 0 Å². The fourth-order valence-electron chi connectivity index (χ4n) is 3.86. The minimum Gasteiger partial charge on any atom is -0.295 e. The number of amides is 2. The Labute approximate surface area is 163 Å². The van der Waals surface area contributed by atoms with Crippen LogP contribution in [0.5, 0.6) is 0 Å². The number of anilines is 1. The Hall–Kier alpha value is -3.53. The molecule has 138 valence electrons. The van der Waals surface area contributed by atoms with Crippen LogP contribution >= 0.6 is 0 Å². The minimum absolute atomic E-state index is 0.0615. The molecule has 3 aromatic carbocycles. The Kier molecular flexibility index (Phi) is 4.40. The number of nitrogens with zero attached hydrogens (tertiary/aromatic N) is 1. The SMILES string of the molecule is CC(=O)c1ccc(N2C(=O)CC(c3ccccc3)(c3ccccc3)C2=O)cc1. The first-order chi connectivity index (χ1) is 13.5. The molecule has 0 spiro atoms. The van der Waals surface area contributed by atoms with Gasteiger partial charge in [0.1, 0.15) is 5.41 Å². The number of benzene rings is 3. The van der Waals surface area contributed by atoms with Crippen molar-refractivity contribution >= 4 is 23.3 Å². The first-order valence-electron chi connectivity index (χ1n) is 9.13. The number of ketones is 1. The summed E-state index contributed by atoms with van der Waals surface area (Å²) in [5, 5.41) is 0. The van der Waals surface area contributed by atoms with E-state index in [0.29, 0.717) is 11.3 Å². The summed E-state index contributed by atoms with van der Waals surface area (Å²) >= 11 is 0. The van der Waals surface area contributed by atoms with E-state index in [1.165, 1.54) is 11.8 Å². The number of hydrogen-bond acceptors (Lipinski definition) is 3. The van der Waals surface area contributed by atoms with Crippen molar-refractivity contribution < 1.29 is 14.4 Å². The van der Waals surface area contributed by atoms with Gasteiger partial charge in [-0.3, -0.25) is 14.4 Å². The van der Waals surface area contributed by atoms with Crippen molar-refractivity contribution in [2.24, 2.45) is 0 Å². The maximum absolute atomic E-state index is 13.7. The van der Waals surface area contributed by atoms with E-state index in [1.54, 1.807) is 24.3 Å². The molecule has 4 heteroatoms. The second-order valence-electron chi connectivity index (χ2n) is 6.95. The van der Waals surface area contributed by atoms with Gasteiger partial charge in [-0.2, -0.15) is 0 Å². The average Bonchev–Trinajstić information content (AvgIpc) is 3.00. The molecule has 2 amide bonds. The zero-order valence-corrected chi connectivity index (χ0v) is 15.5. The number of imide groups is 1. The average molecular weight is 369 g/mol. The fourth-order valence-corrected chi connectivity index (χ4v) is 3.86. The summed E-state index contributed by atoms with van der Waals surface area (Å²) in [4.78, 5) is 39.5. The quantitative estimate of drug-likeness (QED) is 0.513. The van der Waals surface area contributed by atoms with E-state index in [4.69, 9.17) is 0 Å². The molecule has 0 N–H and O–H groups in total. The van der Waals surface area contributed by atoms with Crippen molar-refractivity contribution in [3.63, 3.8) is 0 Å². The summed E-state index contributed by atoms with van der Waals surface area (Å²) in [6.45, 7) is 1.48. The van der Waals surface area contributed by atoms with Gasteiger partial charge in [0.25, 0.3) is 0 Å². The van der Waals surface area contributed by atoms with Crippen molar-refractivity contribution in [1.82, 2.24) is 0 Å². The summed E-state index contributed by atoms with van der Waals surface area (Å²) in [6, 6.07) is 25.4. The molecule has 3 aromatic rings. The van der Waals surface area contributed by atoms with Crippen LogP contribution in [0.1, 0.15) is 34.8 Å². The van der Waals surface area contributed by atoms with Crippen LogP contribution in [0.15, 0.2) is 84.9 Å². The lowest BCUT2D eigenvalue weighted by Crippen LogP contribution is -2.39. The van der Waals surface area contributed by atoms with Crippen molar-refractivity contribution in [2.45, 2.75) is 18.8 Å². The molecule has 0 bridgehead atoms. The maximum atomic E-state index is 13.7. The molecule has 1 aliphatic rings. The molecule has 0 unspecified atom stereocenters. The number of carbonyl (C=O) groups is 3. The molecule has 0 aliphatic carbocycles. The Morgan fingerprint density at radius 1 is 0.786 bits per heavy atom. The fraction of sp³-hybridized carbons (Fsp3) is 0.125. The Morgan fingerprint density at radius 3 is 1.75 bits per heavy atom. The summed E-state index contributed by atoms with van der Waals surface area (Å²) < 4.78 is 0. The number of hydrogen-bond donors (Lipinski definition) is 0. The van der Waals surface area contributed by atoms with Crippen LogP contribution in [-0.4, -0.2) is 17.6 Å². The van der Waals surface area contributed by atoms with E-state index in [9.17, 15) is 14.4 Å². The third-order valence-electron chi connectivity index (χ3n) is 5.30. The van der Waals surface area contributed by atoms with Crippen LogP contribution < -0.4 is 4.90 Å². The second kappa shape index (κ2) is 6.89. The van der Waals surface area contributed by atoms with Gasteiger partial charge in [-0.05, 0) is 42.3 Å². The van der Waals surface area contributed by atoms with Gasteiger partial charge in [0.05, 0.1) is 12.1 Å². The van der Waals surface area contributed by atoms with E-state index in [2.05, 4.69) is 0 Å². The van der Waals surface area contributed by atoms with Crippen LogP contribution in [0.2, 0.25) is 0 Å². The summed E-state index contributed by atoms with van der Waals surface area (Å²) in [6.07, 6.45) is 0.0638. The number of carbonyl (C=O) groups excluding carboxylic acids is 3. The summed E-state index contributed by atoms with van der Waals surface area (Å²) in [5.41, 5.74) is 1.55. The normalized spacial score (nSPS) is 15.7. The lowest BCUT2D eigenvalue weighted by molar-refractivity contribution is -0.122. The smallest absolute Gasteiger partial charge is 0.249 e. The zero-order valence-electron chi connectivity index (χ0n) is 15.5. The monoisotopic (exact) mass is 369 g/mol. The maximum Gasteiger partial charge on any atom is 0.249 e. The van der Waals surface area contributed by atoms with Gasteiger partial charge in [-0.25, -0.2) is 4.90 Å². The van der Waals surface area contributed by atoms with Gasteiger partial charge in [-0.15, -0.1) is 0 Å². The van der Waals surface area contributed by atoms with E-state index < -0.39 is 5.41 Å². The van der Waals surface area contributed by atoms with Crippen LogP contribution in [0.25, 0.3) is 0 Å². The van der Waals surface area contributed by atoms with Crippen molar-refractivity contribution in [3.8, 4) is 0 Å². The third kappa shape index (κ3) is 2.74. The zero-order chi connectivity index (χ0) is 19.7.